The van der Waals surface area contributed by atoms with Crippen molar-refractivity contribution in [3.8, 4) is 0 Å². The Morgan fingerprint density at radius 2 is 1.50 bits per heavy atom. The molecule has 0 saturated carbocycles. The predicted molar refractivity (Wildman–Crippen MR) is 132 cm³/mol. The quantitative estimate of drug-likeness (QED) is 0.466. The molecule has 3 rings (SSSR count). The second-order valence-electron chi connectivity index (χ2n) is 7.61. The van der Waals surface area contributed by atoms with Crippen molar-refractivity contribution >= 4 is 44.6 Å². The van der Waals surface area contributed by atoms with Crippen LogP contribution in [0.15, 0.2) is 71.6 Å². The summed E-state index contributed by atoms with van der Waals surface area (Å²) in [4.78, 5) is 12.4. The molecule has 0 radical (unpaired) electrons. The highest BCUT2D eigenvalue weighted by Gasteiger charge is 2.15. The first kappa shape index (κ1) is 23.4. The minimum atomic E-state index is -3.73. The number of carbonyl (C=O) groups is 1. The van der Waals surface area contributed by atoms with E-state index in [1.165, 1.54) is 12.1 Å². The minimum Gasteiger partial charge on any atom is -0.332 e. The fourth-order valence-electron chi connectivity index (χ4n) is 3.28. The Morgan fingerprint density at radius 3 is 2.12 bits per heavy atom. The van der Waals surface area contributed by atoms with E-state index in [-0.39, 0.29) is 22.3 Å². The molecule has 0 aliphatic carbocycles. The second kappa shape index (κ2) is 9.93. The number of anilines is 2. The fourth-order valence-corrected chi connectivity index (χ4v) is 4.55. The van der Waals surface area contributed by atoms with Crippen LogP contribution in [0.25, 0.3) is 0 Å². The molecule has 3 aromatic carbocycles. The average molecular weight is 468 g/mol. The van der Waals surface area contributed by atoms with Crippen molar-refractivity contribution in [2.75, 3.05) is 10.0 Å². The van der Waals surface area contributed by atoms with E-state index in [0.717, 1.165) is 22.3 Å². The summed E-state index contributed by atoms with van der Waals surface area (Å²) in [5.41, 5.74) is 4.99. The number of thiocarbonyl (C=S) groups is 1. The lowest BCUT2D eigenvalue weighted by atomic mass is 10.1. The van der Waals surface area contributed by atoms with Gasteiger partial charge in [-0.15, -0.1) is 0 Å². The molecular weight excluding hydrogens is 442 g/mol. The van der Waals surface area contributed by atoms with E-state index < -0.39 is 10.0 Å². The Balaban J connectivity index is 1.60. The van der Waals surface area contributed by atoms with Crippen LogP contribution < -0.4 is 15.4 Å². The van der Waals surface area contributed by atoms with Crippen LogP contribution in [-0.2, 0) is 21.2 Å². The van der Waals surface area contributed by atoms with Gasteiger partial charge in [-0.3, -0.25) is 9.52 Å². The van der Waals surface area contributed by atoms with Crippen LogP contribution in [0.3, 0.4) is 0 Å². The summed E-state index contributed by atoms with van der Waals surface area (Å²) < 4.78 is 28.0. The summed E-state index contributed by atoms with van der Waals surface area (Å²) in [6.45, 7) is 5.77. The number of carbonyl (C=O) groups excluding carboxylic acids is 1. The SMILES string of the molecule is Cc1cc(C)cc(NS(=O)(=O)c2ccc(NC(=S)NC(=O)Cc3ccccc3C)cc2)c1. The molecule has 0 aromatic heterocycles. The number of rotatable bonds is 6. The van der Waals surface area contributed by atoms with E-state index in [4.69, 9.17) is 12.2 Å². The number of amides is 1. The van der Waals surface area contributed by atoms with Crippen LogP contribution in [0.5, 0.6) is 0 Å². The summed E-state index contributed by atoms with van der Waals surface area (Å²) in [5, 5.41) is 5.69. The molecule has 8 heteroatoms. The van der Waals surface area contributed by atoms with Gasteiger partial charge >= 0.3 is 0 Å². The van der Waals surface area contributed by atoms with Crippen molar-refractivity contribution in [2.45, 2.75) is 32.1 Å². The molecule has 32 heavy (non-hydrogen) atoms. The standard InChI is InChI=1S/C24H25N3O3S2/c1-16-12-17(2)14-21(13-16)27-32(29,30)22-10-8-20(9-11-22)25-24(31)26-23(28)15-19-7-5-4-6-18(19)3/h4-14,27H,15H2,1-3H3,(H2,25,26,28,31). The lowest BCUT2D eigenvalue weighted by Gasteiger charge is -2.12. The third-order valence-corrected chi connectivity index (χ3v) is 6.36. The molecule has 0 atom stereocenters. The second-order valence-corrected chi connectivity index (χ2v) is 9.70. The summed E-state index contributed by atoms with van der Waals surface area (Å²) in [6.07, 6.45) is 0.218. The van der Waals surface area contributed by atoms with E-state index in [9.17, 15) is 13.2 Å². The minimum absolute atomic E-state index is 0.122. The van der Waals surface area contributed by atoms with Crippen LogP contribution in [0.1, 0.15) is 22.3 Å². The van der Waals surface area contributed by atoms with Crippen molar-refractivity contribution in [3.63, 3.8) is 0 Å². The van der Waals surface area contributed by atoms with Gasteiger partial charge in [0.15, 0.2) is 5.11 Å². The van der Waals surface area contributed by atoms with Gasteiger partial charge in [0, 0.05) is 11.4 Å². The first-order valence-electron chi connectivity index (χ1n) is 9.99. The normalized spacial score (nSPS) is 11.0. The summed E-state index contributed by atoms with van der Waals surface area (Å²) in [7, 11) is -3.73. The zero-order chi connectivity index (χ0) is 23.3. The van der Waals surface area contributed by atoms with Crippen molar-refractivity contribution in [1.29, 1.82) is 0 Å². The molecular formula is C24H25N3O3S2. The molecule has 0 aliphatic rings. The van der Waals surface area contributed by atoms with Crippen LogP contribution in [0, 0.1) is 20.8 Å². The van der Waals surface area contributed by atoms with Crippen molar-refractivity contribution in [2.24, 2.45) is 0 Å². The van der Waals surface area contributed by atoms with Crippen molar-refractivity contribution in [1.82, 2.24) is 5.32 Å². The molecule has 0 fully saturated rings. The van der Waals surface area contributed by atoms with E-state index in [0.29, 0.717) is 11.4 Å². The number of nitrogens with one attached hydrogen (secondary N) is 3. The van der Waals surface area contributed by atoms with E-state index in [1.807, 2.05) is 51.1 Å². The molecule has 0 aliphatic heterocycles. The van der Waals surface area contributed by atoms with Crippen LogP contribution >= 0.6 is 12.2 Å². The van der Waals surface area contributed by atoms with Crippen LogP contribution in [0.4, 0.5) is 11.4 Å². The zero-order valence-electron chi connectivity index (χ0n) is 18.1. The Hall–Kier alpha value is -3.23. The van der Waals surface area contributed by atoms with Gasteiger partial charge in [-0.1, -0.05) is 30.3 Å². The lowest BCUT2D eigenvalue weighted by Crippen LogP contribution is -2.35. The van der Waals surface area contributed by atoms with Gasteiger partial charge in [-0.05, 0) is 91.6 Å². The topological polar surface area (TPSA) is 87.3 Å². The summed E-state index contributed by atoms with van der Waals surface area (Å²) in [5.74, 6) is -0.228. The maximum atomic E-state index is 12.7. The Morgan fingerprint density at radius 1 is 0.875 bits per heavy atom. The molecule has 6 nitrogen and oxygen atoms in total. The van der Waals surface area contributed by atoms with E-state index in [1.54, 1.807) is 24.3 Å². The molecule has 1 amide bonds. The van der Waals surface area contributed by atoms with Crippen molar-refractivity contribution in [3.05, 3.63) is 89.0 Å². The predicted octanol–water partition coefficient (Wildman–Crippen LogP) is 4.47. The summed E-state index contributed by atoms with van der Waals surface area (Å²) in [6, 6.07) is 19.3. The van der Waals surface area contributed by atoms with E-state index >= 15 is 0 Å². The molecule has 0 unspecified atom stereocenters. The number of hydrogen-bond donors (Lipinski definition) is 3. The van der Waals surface area contributed by atoms with E-state index in [2.05, 4.69) is 15.4 Å². The smallest absolute Gasteiger partial charge is 0.261 e. The van der Waals surface area contributed by atoms with Gasteiger partial charge in [0.25, 0.3) is 10.0 Å². The third-order valence-electron chi connectivity index (χ3n) is 4.76. The van der Waals surface area contributed by atoms with Crippen molar-refractivity contribution < 1.29 is 13.2 Å². The molecule has 0 spiro atoms. The first-order valence-corrected chi connectivity index (χ1v) is 11.9. The molecule has 166 valence electrons. The number of sulfonamides is 1. The van der Waals surface area contributed by atoms with Gasteiger partial charge in [-0.25, -0.2) is 8.42 Å². The molecule has 0 heterocycles. The maximum absolute atomic E-state index is 12.7. The summed E-state index contributed by atoms with van der Waals surface area (Å²) >= 11 is 5.21. The van der Waals surface area contributed by atoms with Gasteiger partial charge < -0.3 is 10.6 Å². The lowest BCUT2D eigenvalue weighted by molar-refractivity contribution is -0.119. The van der Waals surface area contributed by atoms with Gasteiger partial charge in [0.1, 0.15) is 0 Å². The number of aryl methyl sites for hydroxylation is 3. The highest BCUT2D eigenvalue weighted by atomic mass is 32.2. The number of hydrogen-bond acceptors (Lipinski definition) is 4. The first-order chi connectivity index (χ1) is 15.1. The Kier molecular flexibility index (Phi) is 7.27. The van der Waals surface area contributed by atoms with Crippen LogP contribution in [0.2, 0.25) is 0 Å². The third kappa shape index (κ3) is 6.38. The van der Waals surface area contributed by atoms with Crippen LogP contribution in [-0.4, -0.2) is 19.4 Å². The Labute approximate surface area is 194 Å². The maximum Gasteiger partial charge on any atom is 0.261 e. The Bertz CT molecular complexity index is 1230. The largest absolute Gasteiger partial charge is 0.332 e. The average Bonchev–Trinajstić information content (AvgIpc) is 2.69. The zero-order valence-corrected chi connectivity index (χ0v) is 19.7. The van der Waals surface area contributed by atoms with Gasteiger partial charge in [0.2, 0.25) is 5.91 Å². The van der Waals surface area contributed by atoms with Gasteiger partial charge in [0.05, 0.1) is 11.3 Å². The highest BCUT2D eigenvalue weighted by molar-refractivity contribution is 7.92. The molecule has 3 N–H and O–H groups in total. The highest BCUT2D eigenvalue weighted by Crippen LogP contribution is 2.20. The molecule has 3 aromatic rings. The monoisotopic (exact) mass is 467 g/mol. The number of benzene rings is 3. The van der Waals surface area contributed by atoms with Gasteiger partial charge in [-0.2, -0.15) is 0 Å². The fraction of sp³-hybridized carbons (Fsp3) is 0.167. The molecule has 0 saturated heterocycles. The molecule has 0 bridgehead atoms.